The van der Waals surface area contributed by atoms with Crippen LogP contribution in [0.3, 0.4) is 0 Å². The standard InChI is InChI=1S/C32H42F4O2/c1-3-5-6-7-21-8-12-23(13-9-21)25-16-17-26(30(34)29(25)33)24-14-10-22(11-15-24)20-38-28-19-18-27(37-4-2)31(35)32(28)36/h16-19,21-24H,3-15,20H2,1-2H3. The van der Waals surface area contributed by atoms with Crippen molar-refractivity contribution in [2.24, 2.45) is 11.8 Å². The Hall–Kier alpha value is -2.24. The number of ether oxygens (including phenoxy) is 2. The van der Waals surface area contributed by atoms with Crippen LogP contribution in [0.15, 0.2) is 24.3 Å². The van der Waals surface area contributed by atoms with Crippen molar-refractivity contribution in [1.82, 2.24) is 0 Å². The monoisotopic (exact) mass is 534 g/mol. The summed E-state index contributed by atoms with van der Waals surface area (Å²) < 4.78 is 69.5. The van der Waals surface area contributed by atoms with Crippen molar-refractivity contribution in [1.29, 1.82) is 0 Å². The van der Waals surface area contributed by atoms with Crippen LogP contribution in [0.5, 0.6) is 11.5 Å². The smallest absolute Gasteiger partial charge is 0.204 e. The van der Waals surface area contributed by atoms with Crippen LogP contribution in [0.25, 0.3) is 0 Å². The van der Waals surface area contributed by atoms with Crippen molar-refractivity contribution in [3.63, 3.8) is 0 Å². The van der Waals surface area contributed by atoms with Gasteiger partial charge in [0.05, 0.1) is 13.2 Å². The quantitative estimate of drug-likeness (QED) is 0.211. The molecule has 2 saturated carbocycles. The molecule has 0 heterocycles. The summed E-state index contributed by atoms with van der Waals surface area (Å²) in [6.45, 7) is 4.42. The summed E-state index contributed by atoms with van der Waals surface area (Å²) in [5.41, 5.74) is 1.02. The van der Waals surface area contributed by atoms with Gasteiger partial charge in [0.2, 0.25) is 11.6 Å². The third-order valence-electron chi connectivity index (χ3n) is 8.72. The molecule has 0 atom stereocenters. The molecule has 2 aliphatic carbocycles. The van der Waals surface area contributed by atoms with Crippen molar-refractivity contribution >= 4 is 0 Å². The van der Waals surface area contributed by atoms with Gasteiger partial charge in [-0.1, -0.05) is 44.7 Å². The van der Waals surface area contributed by atoms with Crippen molar-refractivity contribution in [3.05, 3.63) is 58.7 Å². The van der Waals surface area contributed by atoms with Crippen LogP contribution in [0, 0.1) is 35.1 Å². The van der Waals surface area contributed by atoms with Gasteiger partial charge in [0, 0.05) is 0 Å². The van der Waals surface area contributed by atoms with E-state index in [2.05, 4.69) is 6.92 Å². The molecule has 0 aliphatic heterocycles. The molecule has 0 spiro atoms. The maximum atomic E-state index is 15.2. The van der Waals surface area contributed by atoms with Gasteiger partial charge in [0.1, 0.15) is 0 Å². The van der Waals surface area contributed by atoms with Gasteiger partial charge in [0.15, 0.2) is 23.1 Å². The Bertz CT molecular complexity index is 1040. The van der Waals surface area contributed by atoms with E-state index in [-0.39, 0.29) is 42.5 Å². The van der Waals surface area contributed by atoms with Gasteiger partial charge in [-0.25, -0.2) is 8.78 Å². The molecule has 2 aromatic rings. The Morgan fingerprint density at radius 3 is 1.61 bits per heavy atom. The lowest BCUT2D eigenvalue weighted by Gasteiger charge is -2.31. The minimum atomic E-state index is -1.05. The van der Waals surface area contributed by atoms with Crippen LogP contribution in [-0.2, 0) is 0 Å². The summed E-state index contributed by atoms with van der Waals surface area (Å²) in [6, 6.07) is 6.39. The Morgan fingerprint density at radius 1 is 0.605 bits per heavy atom. The molecule has 2 nitrogen and oxygen atoms in total. The summed E-state index contributed by atoms with van der Waals surface area (Å²) in [5, 5.41) is 0. The van der Waals surface area contributed by atoms with E-state index >= 15 is 8.78 Å². The predicted molar refractivity (Wildman–Crippen MR) is 143 cm³/mol. The van der Waals surface area contributed by atoms with Crippen molar-refractivity contribution in [3.8, 4) is 11.5 Å². The highest BCUT2D eigenvalue weighted by molar-refractivity contribution is 5.35. The van der Waals surface area contributed by atoms with Gasteiger partial charge in [-0.2, -0.15) is 8.78 Å². The SMILES string of the molecule is CCCCCC1CCC(c2ccc(C3CCC(COc4ccc(OCC)c(F)c4F)CC3)c(F)c2F)CC1. The fraction of sp³-hybridized carbons (Fsp3) is 0.625. The van der Waals surface area contributed by atoms with Gasteiger partial charge >= 0.3 is 0 Å². The van der Waals surface area contributed by atoms with E-state index in [0.717, 1.165) is 44.4 Å². The van der Waals surface area contributed by atoms with Crippen LogP contribution in [0.1, 0.15) is 114 Å². The number of hydrogen-bond donors (Lipinski definition) is 0. The van der Waals surface area contributed by atoms with E-state index in [9.17, 15) is 8.78 Å². The fourth-order valence-electron chi connectivity index (χ4n) is 6.40. The van der Waals surface area contributed by atoms with Crippen LogP contribution in [-0.4, -0.2) is 13.2 Å². The van der Waals surface area contributed by atoms with Crippen molar-refractivity contribution in [2.75, 3.05) is 13.2 Å². The first-order chi connectivity index (χ1) is 18.4. The van der Waals surface area contributed by atoms with E-state index in [1.807, 2.05) is 6.07 Å². The molecule has 2 aromatic carbocycles. The van der Waals surface area contributed by atoms with Crippen LogP contribution in [0.2, 0.25) is 0 Å². The second-order valence-electron chi connectivity index (χ2n) is 11.2. The molecule has 0 saturated heterocycles. The normalized spacial score (nSPS) is 23.8. The van der Waals surface area contributed by atoms with E-state index < -0.39 is 23.3 Å². The molecular formula is C32H42F4O2. The Balaban J connectivity index is 1.29. The highest BCUT2D eigenvalue weighted by atomic mass is 19.2. The molecule has 2 fully saturated rings. The molecule has 2 aliphatic rings. The first-order valence-corrected chi connectivity index (χ1v) is 14.6. The van der Waals surface area contributed by atoms with Gasteiger partial charge in [0.25, 0.3) is 0 Å². The number of benzene rings is 2. The Morgan fingerprint density at radius 2 is 1.11 bits per heavy atom. The number of hydrogen-bond acceptors (Lipinski definition) is 2. The van der Waals surface area contributed by atoms with E-state index in [1.54, 1.807) is 13.0 Å². The van der Waals surface area contributed by atoms with E-state index in [4.69, 9.17) is 9.47 Å². The summed E-state index contributed by atoms with van der Waals surface area (Å²) in [4.78, 5) is 0. The van der Waals surface area contributed by atoms with Gasteiger partial charge < -0.3 is 9.47 Å². The maximum absolute atomic E-state index is 15.2. The average Bonchev–Trinajstić information content (AvgIpc) is 2.93. The molecule has 0 aromatic heterocycles. The predicted octanol–water partition coefficient (Wildman–Crippen LogP) is 9.85. The average molecular weight is 535 g/mol. The molecule has 0 radical (unpaired) electrons. The molecule has 38 heavy (non-hydrogen) atoms. The largest absolute Gasteiger partial charge is 0.491 e. The highest BCUT2D eigenvalue weighted by Gasteiger charge is 2.30. The minimum absolute atomic E-state index is 0.0382. The van der Waals surface area contributed by atoms with Crippen LogP contribution < -0.4 is 9.47 Å². The van der Waals surface area contributed by atoms with E-state index in [0.29, 0.717) is 24.0 Å². The second-order valence-corrected chi connectivity index (χ2v) is 11.2. The van der Waals surface area contributed by atoms with E-state index in [1.165, 1.54) is 37.8 Å². The lowest BCUT2D eigenvalue weighted by molar-refractivity contribution is 0.190. The second kappa shape index (κ2) is 13.7. The number of unbranched alkanes of at least 4 members (excludes halogenated alkanes) is 2. The summed E-state index contributed by atoms with van der Waals surface area (Å²) in [7, 11) is 0. The molecule has 0 N–H and O–H groups in total. The van der Waals surface area contributed by atoms with Crippen LogP contribution >= 0.6 is 0 Å². The first-order valence-electron chi connectivity index (χ1n) is 14.6. The molecular weight excluding hydrogens is 492 g/mol. The van der Waals surface area contributed by atoms with Crippen molar-refractivity contribution < 1.29 is 27.0 Å². The first kappa shape index (κ1) is 28.8. The highest BCUT2D eigenvalue weighted by Crippen LogP contribution is 2.42. The number of rotatable bonds is 11. The van der Waals surface area contributed by atoms with Gasteiger partial charge in [-0.05, 0) is 105 Å². The Kier molecular flexibility index (Phi) is 10.4. The van der Waals surface area contributed by atoms with Crippen molar-refractivity contribution in [2.45, 2.75) is 103 Å². The molecule has 0 bridgehead atoms. The third kappa shape index (κ3) is 6.84. The van der Waals surface area contributed by atoms with Gasteiger partial charge in [-0.3, -0.25) is 0 Å². The minimum Gasteiger partial charge on any atom is -0.491 e. The molecule has 6 heteroatoms. The molecule has 210 valence electrons. The zero-order chi connectivity index (χ0) is 27.1. The lowest BCUT2D eigenvalue weighted by atomic mass is 9.75. The maximum Gasteiger partial charge on any atom is 0.204 e. The Labute approximate surface area is 225 Å². The van der Waals surface area contributed by atoms with Gasteiger partial charge in [-0.15, -0.1) is 0 Å². The zero-order valence-electron chi connectivity index (χ0n) is 22.8. The fourth-order valence-corrected chi connectivity index (χ4v) is 6.40. The topological polar surface area (TPSA) is 18.5 Å². The third-order valence-corrected chi connectivity index (χ3v) is 8.72. The lowest BCUT2D eigenvalue weighted by Crippen LogP contribution is -2.21. The molecule has 0 unspecified atom stereocenters. The molecule has 0 amide bonds. The summed E-state index contributed by atoms with van der Waals surface area (Å²) in [5.74, 6) is -2.74. The summed E-state index contributed by atoms with van der Waals surface area (Å²) in [6.07, 6.45) is 12.1. The molecule has 4 rings (SSSR count). The summed E-state index contributed by atoms with van der Waals surface area (Å²) >= 11 is 0. The van der Waals surface area contributed by atoms with Crippen LogP contribution in [0.4, 0.5) is 17.6 Å². The zero-order valence-corrected chi connectivity index (χ0v) is 22.8. The number of halogens is 4.